The Kier molecular flexibility index (Phi) is 5.25. The lowest BCUT2D eigenvalue weighted by atomic mass is 9.94. The molecule has 5 nitrogen and oxygen atoms in total. The van der Waals surface area contributed by atoms with Gasteiger partial charge in [-0.15, -0.1) is 11.3 Å². The quantitative estimate of drug-likeness (QED) is 0.455. The van der Waals surface area contributed by atoms with E-state index < -0.39 is 11.6 Å². The lowest BCUT2D eigenvalue weighted by molar-refractivity contribution is -0.148. The van der Waals surface area contributed by atoms with E-state index in [0.717, 1.165) is 32.0 Å². The number of carbonyl (C=O) groups excluding carboxylic acids is 1. The lowest BCUT2D eigenvalue weighted by Crippen LogP contribution is -2.25. The van der Waals surface area contributed by atoms with E-state index in [1.807, 2.05) is 42.5 Å². The number of hydrogen-bond acceptors (Lipinski definition) is 6. The number of aromatic nitrogens is 1. The fraction of sp³-hybridized carbons (Fsp3) is 0.208. The standard InChI is InChI=1S/C24H20N2O3S/c1-3-29-23(27)11-24(2,28)22-10-19-20(13-26-14-21(19)30-22)18-9-8-15(12-25)16-6-4-5-7-17(16)18/h4-10,13-14,28H,3,11H2,1-2H3. The molecule has 0 bridgehead atoms. The van der Waals surface area contributed by atoms with Gasteiger partial charge in [-0.2, -0.15) is 5.26 Å². The molecular formula is C24H20N2O3S. The topological polar surface area (TPSA) is 83.2 Å². The summed E-state index contributed by atoms with van der Waals surface area (Å²) in [5, 5.41) is 23.2. The summed E-state index contributed by atoms with van der Waals surface area (Å²) in [6.07, 6.45) is 3.45. The molecule has 0 spiro atoms. The zero-order valence-corrected chi connectivity index (χ0v) is 17.5. The molecule has 2 aromatic carbocycles. The molecule has 1 N–H and O–H groups in total. The normalized spacial score (nSPS) is 13.1. The number of hydrogen-bond donors (Lipinski definition) is 1. The van der Waals surface area contributed by atoms with Crippen molar-refractivity contribution in [2.75, 3.05) is 6.61 Å². The van der Waals surface area contributed by atoms with E-state index in [1.165, 1.54) is 11.3 Å². The Morgan fingerprint density at radius 2 is 1.93 bits per heavy atom. The molecule has 0 radical (unpaired) electrons. The minimum atomic E-state index is -1.33. The van der Waals surface area contributed by atoms with Crippen molar-refractivity contribution in [3.63, 3.8) is 0 Å². The van der Waals surface area contributed by atoms with Gasteiger partial charge in [0.1, 0.15) is 5.60 Å². The summed E-state index contributed by atoms with van der Waals surface area (Å²) in [4.78, 5) is 17.0. The fourth-order valence-corrected chi connectivity index (χ4v) is 4.75. The van der Waals surface area contributed by atoms with Crippen LogP contribution >= 0.6 is 11.3 Å². The summed E-state index contributed by atoms with van der Waals surface area (Å²) in [5.41, 5.74) is 1.18. The van der Waals surface area contributed by atoms with Crippen molar-refractivity contribution in [1.82, 2.24) is 4.98 Å². The number of fused-ring (bicyclic) bond motifs is 2. The molecule has 6 heteroatoms. The van der Waals surface area contributed by atoms with Crippen molar-refractivity contribution in [2.24, 2.45) is 0 Å². The van der Waals surface area contributed by atoms with Crippen LogP contribution in [0.15, 0.2) is 54.9 Å². The Morgan fingerprint density at radius 3 is 2.67 bits per heavy atom. The van der Waals surface area contributed by atoms with E-state index in [0.29, 0.717) is 10.4 Å². The molecule has 0 saturated heterocycles. The van der Waals surface area contributed by atoms with E-state index >= 15 is 0 Å². The molecule has 4 rings (SSSR count). The molecule has 2 aromatic heterocycles. The van der Waals surface area contributed by atoms with Gasteiger partial charge in [-0.3, -0.25) is 9.78 Å². The zero-order chi connectivity index (χ0) is 21.3. The van der Waals surface area contributed by atoms with Gasteiger partial charge in [0.2, 0.25) is 0 Å². The number of esters is 1. The van der Waals surface area contributed by atoms with E-state index in [9.17, 15) is 15.2 Å². The number of carbonyl (C=O) groups is 1. The molecular weight excluding hydrogens is 396 g/mol. The number of rotatable bonds is 5. The van der Waals surface area contributed by atoms with Crippen molar-refractivity contribution in [3.05, 3.63) is 65.3 Å². The second-order valence-electron chi connectivity index (χ2n) is 7.28. The Morgan fingerprint density at radius 1 is 1.17 bits per heavy atom. The van der Waals surface area contributed by atoms with Crippen molar-refractivity contribution >= 4 is 38.2 Å². The highest BCUT2D eigenvalue weighted by Crippen LogP contribution is 2.41. The van der Waals surface area contributed by atoms with Gasteiger partial charge >= 0.3 is 5.97 Å². The Labute approximate surface area is 178 Å². The maximum absolute atomic E-state index is 11.9. The summed E-state index contributed by atoms with van der Waals surface area (Å²) in [6, 6.07) is 15.7. The summed E-state index contributed by atoms with van der Waals surface area (Å²) in [6.45, 7) is 3.64. The maximum Gasteiger partial charge on any atom is 0.309 e. The Bertz CT molecular complexity index is 1300. The summed E-state index contributed by atoms with van der Waals surface area (Å²) < 4.78 is 5.92. The number of thiophene rings is 1. The third-order valence-electron chi connectivity index (χ3n) is 5.11. The van der Waals surface area contributed by atoms with E-state index in [2.05, 4.69) is 11.1 Å². The van der Waals surface area contributed by atoms with Crippen LogP contribution in [0.2, 0.25) is 0 Å². The molecule has 30 heavy (non-hydrogen) atoms. The number of benzene rings is 2. The first-order valence-electron chi connectivity index (χ1n) is 9.63. The minimum Gasteiger partial charge on any atom is -0.466 e. The first-order chi connectivity index (χ1) is 14.4. The molecule has 1 unspecified atom stereocenters. The Hall–Kier alpha value is -3.27. The average Bonchev–Trinajstić information content (AvgIpc) is 3.18. The van der Waals surface area contributed by atoms with E-state index in [1.54, 1.807) is 26.2 Å². The van der Waals surface area contributed by atoms with Gasteiger partial charge in [0.15, 0.2) is 0 Å². The van der Waals surface area contributed by atoms with Crippen LogP contribution in [-0.4, -0.2) is 22.7 Å². The molecule has 0 amide bonds. The molecule has 4 aromatic rings. The van der Waals surface area contributed by atoms with Crippen LogP contribution in [0.3, 0.4) is 0 Å². The van der Waals surface area contributed by atoms with E-state index in [-0.39, 0.29) is 13.0 Å². The molecule has 0 fully saturated rings. The van der Waals surface area contributed by atoms with Gasteiger partial charge in [-0.1, -0.05) is 30.3 Å². The second kappa shape index (κ2) is 7.86. The second-order valence-corrected chi connectivity index (χ2v) is 8.37. The van der Waals surface area contributed by atoms with Gasteiger partial charge in [-0.25, -0.2) is 0 Å². The minimum absolute atomic E-state index is 0.115. The van der Waals surface area contributed by atoms with Crippen LogP contribution in [0.25, 0.3) is 32.0 Å². The van der Waals surface area contributed by atoms with Gasteiger partial charge in [0, 0.05) is 33.6 Å². The number of nitriles is 1. The maximum atomic E-state index is 11.9. The smallest absolute Gasteiger partial charge is 0.309 e. The molecule has 150 valence electrons. The van der Waals surface area contributed by atoms with Crippen LogP contribution in [0.1, 0.15) is 30.7 Å². The molecule has 0 aliphatic carbocycles. The van der Waals surface area contributed by atoms with Crippen molar-refractivity contribution < 1.29 is 14.6 Å². The van der Waals surface area contributed by atoms with Crippen LogP contribution < -0.4 is 0 Å². The highest BCUT2D eigenvalue weighted by molar-refractivity contribution is 7.19. The number of aliphatic hydroxyl groups is 1. The first-order valence-corrected chi connectivity index (χ1v) is 10.4. The molecule has 0 aliphatic heterocycles. The summed E-state index contributed by atoms with van der Waals surface area (Å²) in [5.74, 6) is -0.434. The largest absolute Gasteiger partial charge is 0.466 e. The van der Waals surface area contributed by atoms with Crippen molar-refractivity contribution in [2.45, 2.75) is 25.9 Å². The van der Waals surface area contributed by atoms with E-state index in [4.69, 9.17) is 4.74 Å². The van der Waals surface area contributed by atoms with Crippen molar-refractivity contribution in [1.29, 1.82) is 5.26 Å². The fourth-order valence-electron chi connectivity index (χ4n) is 3.65. The summed E-state index contributed by atoms with van der Waals surface area (Å²) >= 11 is 1.41. The van der Waals surface area contributed by atoms with Crippen LogP contribution in [0.4, 0.5) is 0 Å². The Balaban J connectivity index is 1.86. The monoisotopic (exact) mass is 416 g/mol. The number of pyridine rings is 1. The van der Waals surface area contributed by atoms with Crippen LogP contribution in [0.5, 0.6) is 0 Å². The SMILES string of the molecule is CCOC(=O)CC(C)(O)c1cc2c(-c3ccc(C#N)c4ccccc34)cncc2s1. The van der Waals surface area contributed by atoms with Gasteiger partial charge in [0.05, 0.1) is 29.4 Å². The average molecular weight is 417 g/mol. The zero-order valence-electron chi connectivity index (χ0n) is 16.7. The number of nitrogens with zero attached hydrogens (tertiary/aromatic N) is 2. The lowest BCUT2D eigenvalue weighted by Gasteiger charge is -2.20. The van der Waals surface area contributed by atoms with Gasteiger partial charge in [-0.05, 0) is 36.9 Å². The third kappa shape index (κ3) is 3.54. The predicted molar refractivity (Wildman–Crippen MR) is 118 cm³/mol. The molecule has 0 saturated carbocycles. The predicted octanol–water partition coefficient (Wildman–Crippen LogP) is 5.15. The number of ether oxygens (including phenoxy) is 1. The highest BCUT2D eigenvalue weighted by Gasteiger charge is 2.30. The van der Waals surface area contributed by atoms with Crippen LogP contribution in [-0.2, 0) is 15.1 Å². The van der Waals surface area contributed by atoms with Gasteiger partial charge in [0.25, 0.3) is 0 Å². The molecule has 0 aliphatic rings. The molecule has 2 heterocycles. The van der Waals surface area contributed by atoms with Gasteiger partial charge < -0.3 is 9.84 Å². The highest BCUT2D eigenvalue weighted by atomic mass is 32.1. The van der Waals surface area contributed by atoms with Crippen LogP contribution in [0, 0.1) is 11.3 Å². The summed E-state index contributed by atoms with van der Waals surface area (Å²) in [7, 11) is 0. The molecule has 1 atom stereocenters. The first kappa shape index (κ1) is 20.0. The van der Waals surface area contributed by atoms with Crippen molar-refractivity contribution in [3.8, 4) is 17.2 Å². The third-order valence-corrected chi connectivity index (χ3v) is 6.43.